The Hall–Kier alpha value is -3.06. The molecule has 0 spiro atoms. The number of phenols is 1. The van der Waals surface area contributed by atoms with Gasteiger partial charge >= 0.3 is 0 Å². The van der Waals surface area contributed by atoms with Crippen LogP contribution in [0.2, 0.25) is 0 Å². The fourth-order valence-corrected chi connectivity index (χ4v) is 4.12. The van der Waals surface area contributed by atoms with Crippen LogP contribution in [0, 0.1) is 17.4 Å². The van der Waals surface area contributed by atoms with E-state index in [1.54, 1.807) is 24.3 Å². The number of nitrogens with zero attached hydrogens (tertiary/aromatic N) is 2. The first-order valence-corrected chi connectivity index (χ1v) is 8.47. The van der Waals surface area contributed by atoms with E-state index in [2.05, 4.69) is 18.3 Å². The zero-order valence-electron chi connectivity index (χ0n) is 13.7. The molecule has 1 fully saturated rings. The molecule has 0 aromatic heterocycles. The Morgan fingerprint density at radius 2 is 1.84 bits per heavy atom. The normalized spacial score (nSPS) is 22.2. The van der Waals surface area contributed by atoms with Crippen LogP contribution in [0.3, 0.4) is 0 Å². The van der Waals surface area contributed by atoms with Crippen molar-refractivity contribution in [3.63, 3.8) is 0 Å². The van der Waals surface area contributed by atoms with E-state index in [4.69, 9.17) is 0 Å². The predicted octanol–water partition coefficient (Wildman–Crippen LogP) is 3.71. The number of rotatable bonds is 3. The summed E-state index contributed by atoms with van der Waals surface area (Å²) in [4.78, 5) is 14.1. The fourth-order valence-electron chi connectivity index (χ4n) is 4.12. The van der Waals surface area contributed by atoms with Crippen LogP contribution in [0.4, 0.5) is 0 Å². The van der Waals surface area contributed by atoms with Crippen LogP contribution in [0.1, 0.15) is 29.9 Å². The highest BCUT2D eigenvalue weighted by molar-refractivity contribution is 5.91. The van der Waals surface area contributed by atoms with Crippen LogP contribution >= 0.6 is 0 Å². The van der Waals surface area contributed by atoms with E-state index in [1.165, 1.54) is 16.0 Å². The van der Waals surface area contributed by atoms with Gasteiger partial charge in [0.05, 0.1) is 5.92 Å². The van der Waals surface area contributed by atoms with Gasteiger partial charge in [0.2, 0.25) is 5.91 Å². The second kappa shape index (κ2) is 6.10. The molecule has 4 nitrogen and oxygen atoms in total. The van der Waals surface area contributed by atoms with E-state index in [9.17, 15) is 15.2 Å². The van der Waals surface area contributed by atoms with Gasteiger partial charge in [-0.2, -0.15) is 5.26 Å². The number of fused-ring (bicyclic) bond motifs is 1. The highest BCUT2D eigenvalue weighted by Crippen LogP contribution is 2.50. The number of phenolic OH excluding ortho intramolecular Hbond substituents is 1. The number of hydrogen-bond acceptors (Lipinski definition) is 3. The first-order valence-electron chi connectivity index (χ1n) is 8.47. The number of benzene rings is 2. The molecular formula is C21H18N2O2. The number of hydrogen-bond donors (Lipinski definition) is 1. The van der Waals surface area contributed by atoms with Crippen LogP contribution < -0.4 is 0 Å². The lowest BCUT2D eigenvalue weighted by Gasteiger charge is -2.13. The number of aromatic hydroxyl groups is 1. The lowest BCUT2D eigenvalue weighted by molar-refractivity contribution is -0.126. The Morgan fingerprint density at radius 1 is 1.12 bits per heavy atom. The summed E-state index contributed by atoms with van der Waals surface area (Å²) in [6, 6.07) is 16.9. The van der Waals surface area contributed by atoms with Crippen LogP contribution in [-0.4, -0.2) is 15.9 Å². The Morgan fingerprint density at radius 3 is 2.52 bits per heavy atom. The van der Waals surface area contributed by atoms with E-state index in [0.29, 0.717) is 0 Å². The monoisotopic (exact) mass is 330 g/mol. The smallest absolute Gasteiger partial charge is 0.248 e. The fraction of sp³-hybridized carbons (Fsp3) is 0.238. The molecule has 25 heavy (non-hydrogen) atoms. The third-order valence-corrected chi connectivity index (χ3v) is 5.21. The topological polar surface area (TPSA) is 64.3 Å². The second-order valence-corrected chi connectivity index (χ2v) is 6.64. The highest BCUT2D eigenvalue weighted by atomic mass is 16.3. The van der Waals surface area contributed by atoms with Gasteiger partial charge in [-0.1, -0.05) is 42.5 Å². The average molecular weight is 330 g/mol. The molecular weight excluding hydrogens is 312 g/mol. The number of carbonyl (C=O) groups excluding carboxylic acids is 1. The minimum atomic E-state index is -0.330. The Balaban J connectivity index is 1.72. The van der Waals surface area contributed by atoms with E-state index < -0.39 is 0 Å². The van der Waals surface area contributed by atoms with Gasteiger partial charge in [-0.15, -0.1) is 0 Å². The molecule has 2 unspecified atom stereocenters. The molecule has 0 bridgehead atoms. The van der Waals surface area contributed by atoms with E-state index in [0.717, 1.165) is 30.5 Å². The first kappa shape index (κ1) is 15.5. The number of allylic oxidation sites excluding steroid dienone is 2. The number of carbonyl (C=O) groups is 1. The minimum absolute atomic E-state index is 0.0513. The van der Waals surface area contributed by atoms with E-state index in [1.807, 2.05) is 18.2 Å². The van der Waals surface area contributed by atoms with Crippen molar-refractivity contribution in [1.82, 2.24) is 4.90 Å². The van der Waals surface area contributed by atoms with E-state index >= 15 is 0 Å². The molecule has 1 aliphatic carbocycles. The van der Waals surface area contributed by atoms with Crippen LogP contribution in [0.5, 0.6) is 5.75 Å². The number of likely N-dealkylation sites (tertiary alicyclic amines) is 1. The molecule has 1 aliphatic heterocycles. The molecule has 124 valence electrons. The lowest BCUT2D eigenvalue weighted by atomic mass is 9.87. The second-order valence-electron chi connectivity index (χ2n) is 6.64. The van der Waals surface area contributed by atoms with Gasteiger partial charge in [-0.3, -0.25) is 4.79 Å². The molecule has 0 saturated carbocycles. The van der Waals surface area contributed by atoms with E-state index in [-0.39, 0.29) is 23.5 Å². The summed E-state index contributed by atoms with van der Waals surface area (Å²) in [6.45, 7) is 0. The van der Waals surface area contributed by atoms with Crippen LogP contribution in [0.25, 0.3) is 0 Å². The molecule has 2 aliphatic rings. The van der Waals surface area contributed by atoms with Crippen molar-refractivity contribution in [1.29, 1.82) is 5.26 Å². The quantitative estimate of drug-likeness (QED) is 0.873. The van der Waals surface area contributed by atoms with Gasteiger partial charge in [0, 0.05) is 11.6 Å². The molecule has 2 aromatic carbocycles. The van der Waals surface area contributed by atoms with Crippen molar-refractivity contribution < 1.29 is 9.90 Å². The zero-order chi connectivity index (χ0) is 17.4. The first-order chi connectivity index (χ1) is 12.2. The lowest BCUT2D eigenvalue weighted by Crippen LogP contribution is -2.21. The third-order valence-electron chi connectivity index (χ3n) is 5.21. The summed E-state index contributed by atoms with van der Waals surface area (Å²) in [6.07, 6.45) is 4.66. The summed E-state index contributed by atoms with van der Waals surface area (Å²) in [5.41, 5.74) is 4.15. The standard InChI is InChI=1S/C21H18N2O2/c22-13-23-20-16(12-14-4-2-1-3-5-14)8-11-18(20)19(21(23)25)15-6-9-17(24)10-7-15/h1-7,9-10,18-19,24H,8,11-12H2. The predicted molar refractivity (Wildman–Crippen MR) is 93.2 cm³/mol. The highest BCUT2D eigenvalue weighted by Gasteiger charge is 2.49. The maximum atomic E-state index is 12.8. The van der Waals surface area contributed by atoms with Crippen molar-refractivity contribution in [2.24, 2.45) is 5.92 Å². The Bertz CT molecular complexity index is 878. The minimum Gasteiger partial charge on any atom is -0.508 e. The van der Waals surface area contributed by atoms with Gasteiger partial charge in [-0.25, -0.2) is 4.90 Å². The summed E-state index contributed by atoms with van der Waals surface area (Å²) in [5.74, 6) is -0.254. The van der Waals surface area contributed by atoms with Gasteiger partial charge in [0.1, 0.15) is 5.75 Å². The summed E-state index contributed by atoms with van der Waals surface area (Å²) < 4.78 is 0. The maximum absolute atomic E-state index is 12.8. The van der Waals surface area contributed by atoms with Crippen LogP contribution in [0.15, 0.2) is 65.9 Å². The van der Waals surface area contributed by atoms with Crippen molar-refractivity contribution in [2.75, 3.05) is 0 Å². The Kier molecular flexibility index (Phi) is 3.77. The average Bonchev–Trinajstić information content (AvgIpc) is 3.14. The molecule has 4 rings (SSSR count). The molecule has 1 saturated heterocycles. The Labute approximate surface area is 146 Å². The van der Waals surface area contributed by atoms with Gasteiger partial charge in [-0.05, 0) is 48.1 Å². The summed E-state index contributed by atoms with van der Waals surface area (Å²) in [7, 11) is 0. The van der Waals surface area contributed by atoms with Crippen LogP contribution in [-0.2, 0) is 11.2 Å². The summed E-state index contributed by atoms with van der Waals surface area (Å²) in [5, 5.41) is 19.1. The van der Waals surface area contributed by atoms with Gasteiger partial charge in [0.15, 0.2) is 6.19 Å². The number of nitriles is 1. The van der Waals surface area contributed by atoms with Crippen molar-refractivity contribution in [3.05, 3.63) is 77.0 Å². The SMILES string of the molecule is N#CN1C(=O)C(c2ccc(O)cc2)C2CCC(Cc3ccccc3)=C21. The third kappa shape index (κ3) is 2.58. The van der Waals surface area contributed by atoms with Crippen molar-refractivity contribution in [2.45, 2.75) is 25.2 Å². The van der Waals surface area contributed by atoms with Crippen molar-refractivity contribution >= 4 is 5.91 Å². The molecule has 2 atom stereocenters. The van der Waals surface area contributed by atoms with Gasteiger partial charge < -0.3 is 5.11 Å². The number of amides is 1. The molecule has 4 heteroatoms. The van der Waals surface area contributed by atoms with Gasteiger partial charge in [0.25, 0.3) is 0 Å². The largest absolute Gasteiger partial charge is 0.508 e. The molecule has 1 amide bonds. The summed E-state index contributed by atoms with van der Waals surface area (Å²) >= 11 is 0. The molecule has 2 aromatic rings. The molecule has 0 radical (unpaired) electrons. The molecule has 1 heterocycles. The zero-order valence-corrected chi connectivity index (χ0v) is 13.7. The van der Waals surface area contributed by atoms with Crippen molar-refractivity contribution in [3.8, 4) is 11.9 Å². The maximum Gasteiger partial charge on any atom is 0.248 e. The molecule has 1 N–H and O–H groups in total.